The fourth-order valence-corrected chi connectivity index (χ4v) is 3.50. The standard InChI is InChI=1S/C16H17BrN2OS/c17-12-7-5-11(6-8-12)15-18-16(21)13-3-1-2-4-14(13)19(15)9-10-20/h5-8,20H,1-4,9-10H2. The molecular weight excluding hydrogens is 348 g/mol. The Morgan fingerprint density at radius 1 is 1.19 bits per heavy atom. The van der Waals surface area contributed by atoms with E-state index in [9.17, 15) is 5.11 Å². The maximum Gasteiger partial charge on any atom is 0.141 e. The van der Waals surface area contributed by atoms with Gasteiger partial charge in [0.25, 0.3) is 0 Å². The first-order valence-corrected chi connectivity index (χ1v) is 8.40. The maximum atomic E-state index is 9.42. The maximum absolute atomic E-state index is 9.42. The second-order valence-electron chi connectivity index (χ2n) is 5.26. The molecule has 0 radical (unpaired) electrons. The largest absolute Gasteiger partial charge is 0.395 e. The van der Waals surface area contributed by atoms with Crippen molar-refractivity contribution in [1.82, 2.24) is 9.55 Å². The first-order valence-electron chi connectivity index (χ1n) is 7.20. The van der Waals surface area contributed by atoms with Gasteiger partial charge in [-0.25, -0.2) is 4.98 Å². The quantitative estimate of drug-likeness (QED) is 0.838. The van der Waals surface area contributed by atoms with Crippen LogP contribution in [0.4, 0.5) is 0 Å². The van der Waals surface area contributed by atoms with Crippen LogP contribution in [0.3, 0.4) is 0 Å². The van der Waals surface area contributed by atoms with Gasteiger partial charge in [0.05, 0.1) is 6.61 Å². The summed E-state index contributed by atoms with van der Waals surface area (Å²) in [6.07, 6.45) is 4.38. The number of aliphatic hydroxyl groups excluding tert-OH is 1. The molecule has 21 heavy (non-hydrogen) atoms. The Labute approximate surface area is 137 Å². The molecule has 0 saturated heterocycles. The third kappa shape index (κ3) is 2.96. The van der Waals surface area contributed by atoms with Crippen LogP contribution >= 0.6 is 28.1 Å². The van der Waals surface area contributed by atoms with Crippen LogP contribution in [0.5, 0.6) is 0 Å². The van der Waals surface area contributed by atoms with Crippen LogP contribution in [0.1, 0.15) is 24.1 Å². The average molecular weight is 365 g/mol. The van der Waals surface area contributed by atoms with Gasteiger partial charge in [-0.2, -0.15) is 0 Å². The fraction of sp³-hybridized carbons (Fsp3) is 0.375. The number of aromatic nitrogens is 2. The van der Waals surface area contributed by atoms with Crippen molar-refractivity contribution >= 4 is 28.1 Å². The van der Waals surface area contributed by atoms with Crippen LogP contribution in [0.15, 0.2) is 28.7 Å². The highest BCUT2D eigenvalue weighted by Gasteiger charge is 2.18. The summed E-state index contributed by atoms with van der Waals surface area (Å²) in [5.74, 6) is 0.863. The van der Waals surface area contributed by atoms with Crippen LogP contribution < -0.4 is 0 Å². The van der Waals surface area contributed by atoms with E-state index in [0.29, 0.717) is 6.54 Å². The molecule has 0 amide bonds. The summed E-state index contributed by atoms with van der Waals surface area (Å²) in [7, 11) is 0. The normalized spacial score (nSPS) is 14.0. The monoisotopic (exact) mass is 364 g/mol. The molecule has 0 atom stereocenters. The number of hydrogen-bond donors (Lipinski definition) is 1. The molecular formula is C16H17BrN2OS. The Hall–Kier alpha value is -1.04. The molecule has 1 aromatic heterocycles. The van der Waals surface area contributed by atoms with Gasteiger partial charge in [0, 0.05) is 27.8 Å². The van der Waals surface area contributed by atoms with E-state index >= 15 is 0 Å². The zero-order valence-electron chi connectivity index (χ0n) is 11.7. The molecule has 0 fully saturated rings. The summed E-state index contributed by atoms with van der Waals surface area (Å²) >= 11 is 8.95. The molecule has 5 heteroatoms. The van der Waals surface area contributed by atoms with E-state index in [0.717, 1.165) is 33.3 Å². The third-order valence-corrected chi connectivity index (χ3v) is 4.78. The van der Waals surface area contributed by atoms with Crippen molar-refractivity contribution < 1.29 is 5.11 Å². The molecule has 1 aromatic carbocycles. The molecule has 1 heterocycles. The summed E-state index contributed by atoms with van der Waals surface area (Å²) in [6.45, 7) is 0.676. The average Bonchev–Trinajstić information content (AvgIpc) is 2.51. The van der Waals surface area contributed by atoms with Gasteiger partial charge in [0.1, 0.15) is 10.5 Å². The summed E-state index contributed by atoms with van der Waals surface area (Å²) in [5.41, 5.74) is 3.49. The van der Waals surface area contributed by atoms with Crippen molar-refractivity contribution in [2.75, 3.05) is 6.61 Å². The van der Waals surface area contributed by atoms with E-state index in [1.165, 1.54) is 24.1 Å². The van der Waals surface area contributed by atoms with Crippen LogP contribution in [0, 0.1) is 4.64 Å². The van der Waals surface area contributed by atoms with Crippen LogP contribution in [0.2, 0.25) is 0 Å². The SMILES string of the molecule is OCCn1c(-c2ccc(Br)cc2)nc(=S)c2c1CCCC2. The Morgan fingerprint density at radius 3 is 2.62 bits per heavy atom. The molecule has 3 rings (SSSR count). The molecule has 0 aliphatic heterocycles. The minimum Gasteiger partial charge on any atom is -0.395 e. The molecule has 1 aliphatic rings. The van der Waals surface area contributed by atoms with E-state index in [1.54, 1.807) is 0 Å². The van der Waals surface area contributed by atoms with E-state index in [-0.39, 0.29) is 6.61 Å². The number of fused-ring (bicyclic) bond motifs is 1. The number of hydrogen-bond acceptors (Lipinski definition) is 3. The first-order chi connectivity index (χ1) is 10.2. The number of nitrogens with zero attached hydrogens (tertiary/aromatic N) is 2. The number of benzene rings is 1. The van der Waals surface area contributed by atoms with Gasteiger partial charge in [-0.1, -0.05) is 40.3 Å². The first kappa shape index (κ1) is 14.9. The molecule has 110 valence electrons. The summed E-state index contributed by atoms with van der Waals surface area (Å²) in [5, 5.41) is 9.42. The van der Waals surface area contributed by atoms with Crippen LogP contribution in [-0.2, 0) is 19.4 Å². The second-order valence-corrected chi connectivity index (χ2v) is 6.56. The van der Waals surface area contributed by atoms with Gasteiger partial charge < -0.3 is 9.67 Å². The summed E-state index contributed by atoms with van der Waals surface area (Å²) in [4.78, 5) is 4.66. The highest BCUT2D eigenvalue weighted by Crippen LogP contribution is 2.27. The van der Waals surface area contributed by atoms with E-state index < -0.39 is 0 Å². The second kappa shape index (κ2) is 6.38. The molecule has 3 nitrogen and oxygen atoms in total. The minimum absolute atomic E-state index is 0.110. The van der Waals surface area contributed by atoms with Crippen LogP contribution in [0.25, 0.3) is 11.4 Å². The van der Waals surface area contributed by atoms with Crippen molar-refractivity contribution in [1.29, 1.82) is 0 Å². The predicted molar refractivity (Wildman–Crippen MR) is 89.9 cm³/mol. The lowest BCUT2D eigenvalue weighted by Crippen LogP contribution is -2.19. The molecule has 0 unspecified atom stereocenters. The van der Waals surface area contributed by atoms with Crippen molar-refractivity contribution in [2.24, 2.45) is 0 Å². The minimum atomic E-state index is 0.110. The van der Waals surface area contributed by atoms with Crippen molar-refractivity contribution in [3.8, 4) is 11.4 Å². The Bertz CT molecular complexity index is 709. The highest BCUT2D eigenvalue weighted by atomic mass is 79.9. The zero-order chi connectivity index (χ0) is 14.8. The van der Waals surface area contributed by atoms with Gasteiger partial charge >= 0.3 is 0 Å². The lowest BCUT2D eigenvalue weighted by molar-refractivity contribution is 0.273. The molecule has 2 aromatic rings. The number of aliphatic hydroxyl groups is 1. The molecule has 1 aliphatic carbocycles. The highest BCUT2D eigenvalue weighted by molar-refractivity contribution is 9.10. The molecule has 0 saturated carbocycles. The van der Waals surface area contributed by atoms with Crippen molar-refractivity contribution in [3.63, 3.8) is 0 Å². The topological polar surface area (TPSA) is 38.0 Å². The third-order valence-electron chi connectivity index (χ3n) is 3.91. The van der Waals surface area contributed by atoms with Gasteiger partial charge in [0.15, 0.2) is 0 Å². The zero-order valence-corrected chi connectivity index (χ0v) is 14.1. The molecule has 1 N–H and O–H groups in total. The molecule has 0 bridgehead atoms. The summed E-state index contributed by atoms with van der Waals surface area (Å²) < 4.78 is 3.90. The van der Waals surface area contributed by atoms with E-state index in [2.05, 4.69) is 25.5 Å². The number of halogens is 1. The lowest BCUT2D eigenvalue weighted by Gasteiger charge is -2.24. The lowest BCUT2D eigenvalue weighted by atomic mass is 9.96. The van der Waals surface area contributed by atoms with E-state index in [4.69, 9.17) is 12.2 Å². The van der Waals surface area contributed by atoms with Gasteiger partial charge in [-0.05, 0) is 37.8 Å². The number of rotatable bonds is 3. The Balaban J connectivity index is 2.21. The van der Waals surface area contributed by atoms with E-state index in [1.807, 2.05) is 24.3 Å². The molecule has 0 spiro atoms. The van der Waals surface area contributed by atoms with Crippen molar-refractivity contribution in [3.05, 3.63) is 44.6 Å². The fourth-order valence-electron chi connectivity index (χ4n) is 2.93. The van der Waals surface area contributed by atoms with Gasteiger partial charge in [0.2, 0.25) is 0 Å². The van der Waals surface area contributed by atoms with Crippen LogP contribution in [-0.4, -0.2) is 21.3 Å². The van der Waals surface area contributed by atoms with Crippen molar-refractivity contribution in [2.45, 2.75) is 32.2 Å². The van der Waals surface area contributed by atoms with Gasteiger partial charge in [-0.3, -0.25) is 0 Å². The van der Waals surface area contributed by atoms with Gasteiger partial charge in [-0.15, -0.1) is 0 Å². The predicted octanol–water partition coefficient (Wildman–Crippen LogP) is 3.91. The Kier molecular flexibility index (Phi) is 4.52. The summed E-state index contributed by atoms with van der Waals surface area (Å²) in [6, 6.07) is 8.07. The smallest absolute Gasteiger partial charge is 0.141 e. The Morgan fingerprint density at radius 2 is 1.90 bits per heavy atom.